The third-order valence-corrected chi connectivity index (χ3v) is 3.91. The number of hydrogen-bond donors (Lipinski definition) is 1. The summed E-state index contributed by atoms with van der Waals surface area (Å²) in [5, 5.41) is 16.2. The van der Waals surface area contributed by atoms with Gasteiger partial charge in [0.2, 0.25) is 0 Å². The third-order valence-electron chi connectivity index (χ3n) is 2.29. The molecule has 1 heterocycles. The second-order valence-corrected chi connectivity index (χ2v) is 5.53. The fourth-order valence-electron chi connectivity index (χ4n) is 1.35. The predicted molar refractivity (Wildman–Crippen MR) is 80.2 cm³/mol. The summed E-state index contributed by atoms with van der Waals surface area (Å²) < 4.78 is 0.950. The molecule has 0 unspecified atom stereocenters. The van der Waals surface area contributed by atoms with Gasteiger partial charge in [0.15, 0.2) is 0 Å². The molecule has 8 heteroatoms. The average molecular weight is 354 g/mol. The number of carbonyl (C=O) groups is 1. The van der Waals surface area contributed by atoms with Crippen LogP contribution in [0.5, 0.6) is 0 Å². The Labute approximate surface area is 126 Å². The zero-order chi connectivity index (χ0) is 14.5. The van der Waals surface area contributed by atoms with Gasteiger partial charge in [0.05, 0.1) is 11.1 Å². The predicted octanol–water partition coefficient (Wildman–Crippen LogP) is 3.18. The van der Waals surface area contributed by atoms with E-state index in [1.54, 1.807) is 0 Å². The number of amides is 1. The Morgan fingerprint density at radius 1 is 1.40 bits per heavy atom. The SMILES string of the molecule is O=C(NN=Cc1cc(Br)cs1)c1ccc([N+](=O)[O-])cc1. The van der Waals surface area contributed by atoms with Crippen molar-refractivity contribution in [1.82, 2.24) is 5.43 Å². The van der Waals surface area contributed by atoms with Gasteiger partial charge in [-0.05, 0) is 34.1 Å². The molecule has 1 aromatic carbocycles. The lowest BCUT2D eigenvalue weighted by molar-refractivity contribution is -0.384. The summed E-state index contributed by atoms with van der Waals surface area (Å²) in [6.45, 7) is 0. The summed E-state index contributed by atoms with van der Waals surface area (Å²) in [6.07, 6.45) is 1.53. The molecule has 0 atom stereocenters. The van der Waals surface area contributed by atoms with Crippen LogP contribution in [0.15, 0.2) is 45.3 Å². The Morgan fingerprint density at radius 2 is 2.10 bits per heavy atom. The van der Waals surface area contributed by atoms with Crippen molar-refractivity contribution in [3.05, 3.63) is 60.7 Å². The maximum atomic E-state index is 11.7. The molecule has 0 radical (unpaired) electrons. The maximum absolute atomic E-state index is 11.7. The highest BCUT2D eigenvalue weighted by Gasteiger charge is 2.08. The molecule has 0 fully saturated rings. The van der Waals surface area contributed by atoms with Gasteiger partial charge in [0.1, 0.15) is 0 Å². The number of hydrazone groups is 1. The molecule has 20 heavy (non-hydrogen) atoms. The molecule has 6 nitrogen and oxygen atoms in total. The highest BCUT2D eigenvalue weighted by atomic mass is 79.9. The maximum Gasteiger partial charge on any atom is 0.271 e. The minimum atomic E-state index is -0.519. The monoisotopic (exact) mass is 353 g/mol. The molecular weight excluding hydrogens is 346 g/mol. The molecule has 0 aliphatic rings. The van der Waals surface area contributed by atoms with E-state index in [4.69, 9.17) is 0 Å². The van der Waals surface area contributed by atoms with E-state index in [1.165, 1.54) is 41.8 Å². The van der Waals surface area contributed by atoms with Crippen molar-refractivity contribution in [2.45, 2.75) is 0 Å². The molecule has 2 rings (SSSR count). The first-order chi connectivity index (χ1) is 9.56. The number of nitro benzene ring substituents is 1. The molecule has 0 spiro atoms. The van der Waals surface area contributed by atoms with E-state index < -0.39 is 10.8 Å². The molecule has 0 saturated heterocycles. The molecule has 0 saturated carbocycles. The number of thiophene rings is 1. The molecule has 1 aromatic heterocycles. The van der Waals surface area contributed by atoms with Gasteiger partial charge in [0, 0.05) is 32.4 Å². The van der Waals surface area contributed by atoms with Gasteiger partial charge >= 0.3 is 0 Å². The summed E-state index contributed by atoms with van der Waals surface area (Å²) in [4.78, 5) is 22.6. The molecule has 2 aromatic rings. The Balaban J connectivity index is 1.98. The Hall–Kier alpha value is -2.06. The first-order valence-electron chi connectivity index (χ1n) is 5.38. The van der Waals surface area contributed by atoms with Crippen molar-refractivity contribution in [1.29, 1.82) is 0 Å². The van der Waals surface area contributed by atoms with Crippen molar-refractivity contribution in [3.63, 3.8) is 0 Å². The van der Waals surface area contributed by atoms with Crippen LogP contribution in [0.25, 0.3) is 0 Å². The Bertz CT molecular complexity index is 667. The molecule has 1 N–H and O–H groups in total. The van der Waals surface area contributed by atoms with Crippen LogP contribution in [-0.2, 0) is 0 Å². The number of nitrogens with one attached hydrogen (secondary N) is 1. The van der Waals surface area contributed by atoms with Crippen LogP contribution in [0.3, 0.4) is 0 Å². The summed E-state index contributed by atoms with van der Waals surface area (Å²) in [7, 11) is 0. The smallest absolute Gasteiger partial charge is 0.267 e. The minimum Gasteiger partial charge on any atom is -0.267 e. The van der Waals surface area contributed by atoms with Crippen molar-refractivity contribution < 1.29 is 9.72 Å². The van der Waals surface area contributed by atoms with E-state index in [0.717, 1.165) is 9.35 Å². The number of rotatable bonds is 4. The Kier molecular flexibility index (Phi) is 4.59. The second-order valence-electron chi connectivity index (χ2n) is 3.67. The highest BCUT2D eigenvalue weighted by molar-refractivity contribution is 9.10. The zero-order valence-corrected chi connectivity index (χ0v) is 12.3. The van der Waals surface area contributed by atoms with E-state index in [1.807, 2.05) is 11.4 Å². The van der Waals surface area contributed by atoms with Crippen LogP contribution in [0.2, 0.25) is 0 Å². The molecule has 0 bridgehead atoms. The van der Waals surface area contributed by atoms with Gasteiger partial charge in [0.25, 0.3) is 11.6 Å². The molecule has 0 aliphatic carbocycles. The first kappa shape index (κ1) is 14.4. The van der Waals surface area contributed by atoms with Crippen LogP contribution in [0.1, 0.15) is 15.2 Å². The summed E-state index contributed by atoms with van der Waals surface area (Å²) in [6, 6.07) is 7.17. The molecule has 102 valence electrons. The van der Waals surface area contributed by atoms with Gasteiger partial charge in [-0.25, -0.2) is 5.43 Å². The van der Waals surface area contributed by atoms with Crippen molar-refractivity contribution >= 4 is 45.1 Å². The number of benzene rings is 1. The largest absolute Gasteiger partial charge is 0.271 e. The van der Waals surface area contributed by atoms with E-state index in [2.05, 4.69) is 26.5 Å². The van der Waals surface area contributed by atoms with Gasteiger partial charge in [-0.1, -0.05) is 0 Å². The van der Waals surface area contributed by atoms with Crippen molar-refractivity contribution in [2.75, 3.05) is 0 Å². The number of non-ortho nitro benzene ring substituents is 1. The van der Waals surface area contributed by atoms with Gasteiger partial charge < -0.3 is 0 Å². The quantitative estimate of drug-likeness (QED) is 0.520. The van der Waals surface area contributed by atoms with Crippen molar-refractivity contribution in [2.24, 2.45) is 5.10 Å². The summed E-state index contributed by atoms with van der Waals surface area (Å²) in [5.41, 5.74) is 2.60. The standard InChI is InChI=1S/C12H8BrN3O3S/c13-9-5-11(20-7-9)6-14-15-12(17)8-1-3-10(4-2-8)16(18)19/h1-7H,(H,15,17). The molecule has 1 amide bonds. The van der Waals surface area contributed by atoms with Crippen LogP contribution in [0, 0.1) is 10.1 Å². The number of hydrogen-bond acceptors (Lipinski definition) is 5. The number of nitro groups is 1. The van der Waals surface area contributed by atoms with Gasteiger partial charge in [-0.15, -0.1) is 11.3 Å². The average Bonchev–Trinajstić information content (AvgIpc) is 2.84. The van der Waals surface area contributed by atoms with Crippen LogP contribution < -0.4 is 5.43 Å². The second kappa shape index (κ2) is 6.40. The van der Waals surface area contributed by atoms with E-state index in [-0.39, 0.29) is 5.69 Å². The van der Waals surface area contributed by atoms with Gasteiger partial charge in [-0.3, -0.25) is 14.9 Å². The Morgan fingerprint density at radius 3 is 2.65 bits per heavy atom. The van der Waals surface area contributed by atoms with Gasteiger partial charge in [-0.2, -0.15) is 5.10 Å². The van der Waals surface area contributed by atoms with Crippen molar-refractivity contribution in [3.8, 4) is 0 Å². The van der Waals surface area contributed by atoms with Crippen LogP contribution in [0.4, 0.5) is 5.69 Å². The number of halogens is 1. The van der Waals surface area contributed by atoms with Crippen LogP contribution in [-0.4, -0.2) is 17.0 Å². The number of nitrogens with zero attached hydrogens (tertiary/aromatic N) is 2. The normalized spacial score (nSPS) is 10.7. The summed E-state index contributed by atoms with van der Waals surface area (Å²) >= 11 is 4.79. The third kappa shape index (κ3) is 3.72. The zero-order valence-electron chi connectivity index (χ0n) is 9.95. The topological polar surface area (TPSA) is 84.6 Å². The first-order valence-corrected chi connectivity index (χ1v) is 7.05. The summed E-state index contributed by atoms with van der Waals surface area (Å²) in [5.74, 6) is -0.424. The lowest BCUT2D eigenvalue weighted by Crippen LogP contribution is -2.17. The highest BCUT2D eigenvalue weighted by Crippen LogP contribution is 2.17. The minimum absolute atomic E-state index is 0.0616. The fraction of sp³-hybridized carbons (Fsp3) is 0. The number of carbonyl (C=O) groups excluding carboxylic acids is 1. The molecule has 0 aliphatic heterocycles. The van der Waals surface area contributed by atoms with E-state index in [0.29, 0.717) is 5.56 Å². The molecular formula is C12H8BrN3O3S. The lowest BCUT2D eigenvalue weighted by atomic mass is 10.2. The van der Waals surface area contributed by atoms with E-state index in [9.17, 15) is 14.9 Å². The lowest BCUT2D eigenvalue weighted by Gasteiger charge is -1.98. The fourth-order valence-corrected chi connectivity index (χ4v) is 2.65. The van der Waals surface area contributed by atoms with E-state index >= 15 is 0 Å². The van der Waals surface area contributed by atoms with Crippen LogP contribution >= 0.6 is 27.3 Å².